The Balaban J connectivity index is 1.85. The van der Waals surface area contributed by atoms with Gasteiger partial charge < -0.3 is 0 Å². The van der Waals surface area contributed by atoms with Crippen LogP contribution in [-0.4, -0.2) is 0 Å². The van der Waals surface area contributed by atoms with Crippen molar-refractivity contribution in [1.29, 1.82) is 0 Å². The lowest BCUT2D eigenvalue weighted by atomic mass is 9.72. The van der Waals surface area contributed by atoms with Crippen molar-refractivity contribution >= 4 is 0 Å². The number of rotatable bonds is 0. The molecular weight excluding hydrogens is 120 g/mol. The van der Waals surface area contributed by atoms with Crippen LogP contribution in [0.25, 0.3) is 0 Å². The molecule has 3 unspecified atom stereocenters. The van der Waals surface area contributed by atoms with Crippen LogP contribution in [0.1, 0.15) is 38.5 Å². The van der Waals surface area contributed by atoms with Gasteiger partial charge >= 0.3 is 0 Å². The Kier molecular flexibility index (Phi) is 1.00. The van der Waals surface area contributed by atoms with Crippen LogP contribution >= 0.6 is 0 Å². The molecule has 3 rings (SSSR count). The third-order valence-corrected chi connectivity index (χ3v) is 4.35. The minimum atomic E-state index is 1.19. The molecule has 3 aliphatic rings. The summed E-state index contributed by atoms with van der Waals surface area (Å²) in [6.07, 6.45) is 9.51. The van der Waals surface area contributed by atoms with Crippen LogP contribution in [0, 0.1) is 23.7 Å². The van der Waals surface area contributed by atoms with Gasteiger partial charge in [0.05, 0.1) is 0 Å². The molecule has 0 saturated heterocycles. The van der Waals surface area contributed by atoms with E-state index in [9.17, 15) is 0 Å². The largest absolute Gasteiger partial charge is 0.0527 e. The summed E-state index contributed by atoms with van der Waals surface area (Å²) in [4.78, 5) is 0. The molecule has 10 heavy (non-hydrogen) atoms. The van der Waals surface area contributed by atoms with E-state index in [-0.39, 0.29) is 0 Å². The highest BCUT2D eigenvalue weighted by molar-refractivity contribution is 4.99. The van der Waals surface area contributed by atoms with E-state index >= 15 is 0 Å². The third kappa shape index (κ3) is 0.538. The molecular formula is C10H16. The lowest BCUT2D eigenvalue weighted by molar-refractivity contribution is 0.168. The lowest BCUT2D eigenvalue weighted by Crippen LogP contribution is -2.24. The van der Waals surface area contributed by atoms with E-state index in [1.807, 2.05) is 0 Å². The van der Waals surface area contributed by atoms with Crippen molar-refractivity contribution in [3.8, 4) is 0 Å². The van der Waals surface area contributed by atoms with Crippen molar-refractivity contribution in [1.82, 2.24) is 0 Å². The van der Waals surface area contributed by atoms with Crippen molar-refractivity contribution < 1.29 is 0 Å². The highest BCUT2D eigenvalue weighted by Gasteiger charge is 2.49. The van der Waals surface area contributed by atoms with Gasteiger partial charge in [-0.15, -0.1) is 0 Å². The number of hydrogen-bond acceptors (Lipinski definition) is 0. The summed E-state index contributed by atoms with van der Waals surface area (Å²) in [6, 6.07) is 0. The van der Waals surface area contributed by atoms with Crippen LogP contribution in [-0.2, 0) is 0 Å². The van der Waals surface area contributed by atoms with Gasteiger partial charge in [0.1, 0.15) is 0 Å². The predicted octanol–water partition coefficient (Wildman–Crippen LogP) is 2.83. The molecule has 3 aliphatic carbocycles. The maximum Gasteiger partial charge on any atom is -0.0355 e. The summed E-state index contributed by atoms with van der Waals surface area (Å²) < 4.78 is 0. The first-order valence-corrected chi connectivity index (χ1v) is 4.95. The van der Waals surface area contributed by atoms with E-state index in [0.29, 0.717) is 0 Å². The SMILES string of the molecule is C1CC2CC3CC[C@@H]3C2C1. The van der Waals surface area contributed by atoms with E-state index in [0.717, 1.165) is 0 Å². The van der Waals surface area contributed by atoms with E-state index in [4.69, 9.17) is 0 Å². The highest BCUT2D eigenvalue weighted by atomic mass is 14.5. The van der Waals surface area contributed by atoms with Crippen LogP contribution in [0.4, 0.5) is 0 Å². The molecule has 0 aromatic heterocycles. The molecule has 4 atom stereocenters. The zero-order valence-electron chi connectivity index (χ0n) is 6.55. The van der Waals surface area contributed by atoms with Gasteiger partial charge in [0.15, 0.2) is 0 Å². The second kappa shape index (κ2) is 1.78. The normalized spacial score (nSPS) is 57.6. The van der Waals surface area contributed by atoms with Crippen molar-refractivity contribution in [2.45, 2.75) is 38.5 Å². The first kappa shape index (κ1) is 5.62. The average molecular weight is 136 g/mol. The summed E-state index contributed by atoms with van der Waals surface area (Å²) in [7, 11) is 0. The fourth-order valence-electron chi connectivity index (χ4n) is 3.76. The first-order chi connectivity index (χ1) is 4.95. The summed E-state index contributed by atoms with van der Waals surface area (Å²) in [5.41, 5.74) is 0. The number of fused-ring (bicyclic) bond motifs is 3. The maximum atomic E-state index is 1.62. The maximum absolute atomic E-state index is 1.62. The Morgan fingerprint density at radius 2 is 1.50 bits per heavy atom. The van der Waals surface area contributed by atoms with Crippen LogP contribution in [0.15, 0.2) is 0 Å². The quantitative estimate of drug-likeness (QED) is 0.480. The molecule has 0 heteroatoms. The van der Waals surface area contributed by atoms with E-state index in [1.165, 1.54) is 23.7 Å². The Bertz CT molecular complexity index is 148. The fourth-order valence-corrected chi connectivity index (χ4v) is 3.76. The molecule has 0 heterocycles. The molecule has 0 bridgehead atoms. The van der Waals surface area contributed by atoms with Crippen molar-refractivity contribution in [3.63, 3.8) is 0 Å². The standard InChI is InChI=1S/C10H16/c1-2-7-6-8-4-5-10(8)9(7)3-1/h7-10H,1-6H2/t7?,8?,9?,10-/m0/s1. The molecule has 0 amide bonds. The second-order valence-electron chi connectivity index (χ2n) is 4.59. The van der Waals surface area contributed by atoms with Crippen molar-refractivity contribution in [3.05, 3.63) is 0 Å². The molecule has 0 aromatic carbocycles. The van der Waals surface area contributed by atoms with E-state index in [1.54, 1.807) is 38.5 Å². The van der Waals surface area contributed by atoms with Crippen LogP contribution in [0.2, 0.25) is 0 Å². The molecule has 0 radical (unpaired) electrons. The average Bonchev–Trinajstić information content (AvgIpc) is 2.35. The van der Waals surface area contributed by atoms with Crippen molar-refractivity contribution in [2.24, 2.45) is 23.7 Å². The Hall–Kier alpha value is 0. The molecule has 3 saturated carbocycles. The van der Waals surface area contributed by atoms with Crippen LogP contribution in [0.5, 0.6) is 0 Å². The van der Waals surface area contributed by atoms with E-state index in [2.05, 4.69) is 0 Å². The fraction of sp³-hybridized carbons (Fsp3) is 1.00. The zero-order valence-corrected chi connectivity index (χ0v) is 6.55. The molecule has 3 fully saturated rings. The molecule has 0 N–H and O–H groups in total. The van der Waals surface area contributed by atoms with Gasteiger partial charge in [-0.3, -0.25) is 0 Å². The molecule has 0 aliphatic heterocycles. The van der Waals surface area contributed by atoms with Crippen LogP contribution < -0.4 is 0 Å². The van der Waals surface area contributed by atoms with Gasteiger partial charge in [-0.2, -0.15) is 0 Å². The smallest absolute Gasteiger partial charge is 0.0355 e. The molecule has 0 aromatic rings. The van der Waals surface area contributed by atoms with Crippen molar-refractivity contribution in [2.75, 3.05) is 0 Å². The van der Waals surface area contributed by atoms with Gasteiger partial charge in [0, 0.05) is 0 Å². The summed E-state index contributed by atoms with van der Waals surface area (Å²) >= 11 is 0. The minimum absolute atomic E-state index is 1.19. The monoisotopic (exact) mass is 136 g/mol. The predicted molar refractivity (Wildman–Crippen MR) is 41.7 cm³/mol. The molecule has 0 nitrogen and oxygen atoms in total. The topological polar surface area (TPSA) is 0 Å². The summed E-state index contributed by atoms with van der Waals surface area (Å²) in [5.74, 6) is 4.82. The van der Waals surface area contributed by atoms with E-state index < -0.39 is 0 Å². The van der Waals surface area contributed by atoms with Gasteiger partial charge in [-0.05, 0) is 49.4 Å². The zero-order chi connectivity index (χ0) is 6.55. The minimum Gasteiger partial charge on any atom is -0.0527 e. The Morgan fingerprint density at radius 3 is 2.30 bits per heavy atom. The van der Waals surface area contributed by atoms with Gasteiger partial charge in [0.25, 0.3) is 0 Å². The Labute approximate surface area is 63.0 Å². The van der Waals surface area contributed by atoms with Crippen LogP contribution in [0.3, 0.4) is 0 Å². The summed E-state index contributed by atoms with van der Waals surface area (Å²) in [6.45, 7) is 0. The molecule has 0 spiro atoms. The second-order valence-corrected chi connectivity index (χ2v) is 4.59. The van der Waals surface area contributed by atoms with Gasteiger partial charge in [0.2, 0.25) is 0 Å². The van der Waals surface area contributed by atoms with Gasteiger partial charge in [-0.25, -0.2) is 0 Å². The first-order valence-electron chi connectivity index (χ1n) is 4.95. The third-order valence-electron chi connectivity index (χ3n) is 4.35. The number of hydrogen-bond donors (Lipinski definition) is 0. The summed E-state index contributed by atoms with van der Waals surface area (Å²) in [5, 5.41) is 0. The lowest BCUT2D eigenvalue weighted by Gasteiger charge is -2.33. The molecule has 56 valence electrons. The van der Waals surface area contributed by atoms with Gasteiger partial charge in [-0.1, -0.05) is 12.8 Å². The Morgan fingerprint density at radius 1 is 0.700 bits per heavy atom. The highest BCUT2D eigenvalue weighted by Crippen LogP contribution is 2.58.